The fourth-order valence-corrected chi connectivity index (χ4v) is 4.72. The molecule has 0 amide bonds. The van der Waals surface area contributed by atoms with Crippen LogP contribution in [0.25, 0.3) is 0 Å². The molecule has 0 aromatic heterocycles. The second-order valence-corrected chi connectivity index (χ2v) is 11.4. The Morgan fingerprint density at radius 2 is 1.85 bits per heavy atom. The Labute approximate surface area is 164 Å². The Morgan fingerprint density at radius 1 is 1.19 bits per heavy atom. The third-order valence-electron chi connectivity index (χ3n) is 6.04. The molecule has 2 fully saturated rings. The summed E-state index contributed by atoms with van der Waals surface area (Å²) in [6.07, 6.45) is 1.20. The summed E-state index contributed by atoms with van der Waals surface area (Å²) < 4.78 is 44.4. The average Bonchev–Trinajstić information content (AvgIpc) is 3.12. The molecule has 1 spiro atoms. The fourth-order valence-electron chi connectivity index (χ4n) is 4.00. The lowest BCUT2D eigenvalue weighted by atomic mass is 9.97. The van der Waals surface area contributed by atoms with E-state index in [2.05, 4.69) is 31.9 Å². The quantitative estimate of drug-likeness (QED) is 0.476. The Kier molecular flexibility index (Phi) is 5.91. The van der Waals surface area contributed by atoms with Crippen molar-refractivity contribution in [3.05, 3.63) is 35.4 Å². The highest BCUT2D eigenvalue weighted by Gasteiger charge is 2.57. The third kappa shape index (κ3) is 5.01. The molecule has 27 heavy (non-hydrogen) atoms. The van der Waals surface area contributed by atoms with Crippen molar-refractivity contribution in [2.24, 2.45) is 5.41 Å². The first-order valence-electron chi connectivity index (χ1n) is 9.70. The van der Waals surface area contributed by atoms with Crippen molar-refractivity contribution < 1.29 is 17.4 Å². The summed E-state index contributed by atoms with van der Waals surface area (Å²) in [5, 5.41) is 0. The summed E-state index contributed by atoms with van der Waals surface area (Å²) in [7, 11) is 0. The fraction of sp³-hybridized carbons (Fsp3) is 0.714. The normalized spacial score (nSPS) is 27.3. The molecule has 3 atom stereocenters. The summed E-state index contributed by atoms with van der Waals surface area (Å²) in [5.41, 5.74) is 0.800. The van der Waals surface area contributed by atoms with Gasteiger partial charge in [0.1, 0.15) is 24.0 Å². The highest BCUT2D eigenvalue weighted by molar-refractivity contribution is 7.93. The van der Waals surface area contributed by atoms with E-state index >= 15 is 0 Å². The minimum Gasteiger partial charge on any atom is -0.303 e. The topological polar surface area (TPSA) is 12.5 Å². The molecule has 0 bridgehead atoms. The van der Waals surface area contributed by atoms with Gasteiger partial charge in [0.15, 0.2) is 4.75 Å². The van der Waals surface area contributed by atoms with Gasteiger partial charge in [-0.1, -0.05) is 12.1 Å². The highest BCUT2D eigenvalue weighted by Crippen LogP contribution is 2.64. The monoisotopic (exact) mass is 402 g/mol. The molecule has 1 aromatic carbocycles. The number of likely N-dealkylation sites (tertiary alicyclic amines) is 1. The van der Waals surface area contributed by atoms with Gasteiger partial charge in [0.2, 0.25) is 0 Å². The first-order chi connectivity index (χ1) is 12.5. The van der Waals surface area contributed by atoms with E-state index < -0.39 is 11.7 Å². The lowest BCUT2D eigenvalue weighted by Gasteiger charge is -2.18. The van der Waals surface area contributed by atoms with Crippen LogP contribution in [0, 0.1) is 5.41 Å². The lowest BCUT2D eigenvalue weighted by molar-refractivity contribution is -0.137. The maximum atomic E-state index is 12.7. The van der Waals surface area contributed by atoms with Crippen molar-refractivity contribution in [2.45, 2.75) is 56.9 Å². The van der Waals surface area contributed by atoms with Crippen LogP contribution in [0.5, 0.6) is 0 Å². The predicted molar refractivity (Wildman–Crippen MR) is 106 cm³/mol. The van der Waals surface area contributed by atoms with Crippen LogP contribution in [0.4, 0.5) is 13.2 Å². The Bertz CT molecular complexity index is 640. The molecule has 2 aliphatic rings. The zero-order valence-corrected chi connectivity index (χ0v) is 17.6. The number of hydrogen-bond acceptors (Lipinski definition) is 2. The summed E-state index contributed by atoms with van der Waals surface area (Å²) in [5.74, 6) is 0.420. The number of halogens is 3. The molecule has 152 valence electrons. The molecule has 3 rings (SSSR count). The van der Waals surface area contributed by atoms with Gasteiger partial charge in [0.05, 0.1) is 5.56 Å². The van der Waals surface area contributed by atoms with Crippen LogP contribution in [-0.2, 0) is 21.5 Å². The van der Waals surface area contributed by atoms with Crippen molar-refractivity contribution in [1.29, 1.82) is 0 Å². The number of alkyl halides is 3. The second kappa shape index (κ2) is 7.60. The molecular weight excluding hydrogens is 371 g/mol. The van der Waals surface area contributed by atoms with Gasteiger partial charge in [-0.05, 0) is 75.6 Å². The molecule has 1 heterocycles. The van der Waals surface area contributed by atoms with E-state index in [4.69, 9.17) is 4.18 Å². The third-order valence-corrected chi connectivity index (χ3v) is 8.28. The molecule has 1 aromatic rings. The summed E-state index contributed by atoms with van der Waals surface area (Å²) in [4.78, 5) is 2.50. The van der Waals surface area contributed by atoms with Crippen molar-refractivity contribution in [3.8, 4) is 0 Å². The van der Waals surface area contributed by atoms with Crippen LogP contribution in [0.15, 0.2) is 24.3 Å². The Balaban J connectivity index is 1.44. The van der Waals surface area contributed by atoms with Crippen molar-refractivity contribution in [1.82, 2.24) is 4.90 Å². The van der Waals surface area contributed by atoms with E-state index in [9.17, 15) is 13.2 Å². The van der Waals surface area contributed by atoms with Gasteiger partial charge < -0.3 is 4.90 Å². The average molecular weight is 403 g/mol. The van der Waals surface area contributed by atoms with Crippen molar-refractivity contribution >= 4 is 11.2 Å². The smallest absolute Gasteiger partial charge is 0.303 e. The zero-order chi connectivity index (χ0) is 19.9. The van der Waals surface area contributed by atoms with E-state index in [-0.39, 0.29) is 15.9 Å². The lowest BCUT2D eigenvalue weighted by Crippen LogP contribution is -2.30. The Hall–Kier alpha value is -0.720. The summed E-state index contributed by atoms with van der Waals surface area (Å²) >= 11 is -0.0310. The molecular formula is C21H31F3NOS+. The number of nitrogens with zero attached hydrogens (tertiary/aromatic N) is 1. The van der Waals surface area contributed by atoms with Gasteiger partial charge >= 0.3 is 6.18 Å². The van der Waals surface area contributed by atoms with Crippen LogP contribution in [0.1, 0.15) is 57.1 Å². The van der Waals surface area contributed by atoms with Gasteiger partial charge in [-0.3, -0.25) is 0 Å². The largest absolute Gasteiger partial charge is 0.416 e. The standard InChI is InChI=1S/C21H31F3NOS/c1-19(2,3)27(4)26-13-5-11-25-12-10-20(15-25)14-18(20)16-6-8-17(9-7-16)21(22,23)24/h6-9,18H,5,10-15H2,1-4H3/q+1. The minimum atomic E-state index is -4.25. The van der Waals surface area contributed by atoms with Gasteiger partial charge in [-0.25, -0.2) is 0 Å². The van der Waals surface area contributed by atoms with Gasteiger partial charge in [-0.2, -0.15) is 17.4 Å². The molecule has 6 heteroatoms. The van der Waals surface area contributed by atoms with Crippen LogP contribution in [0.2, 0.25) is 0 Å². The maximum Gasteiger partial charge on any atom is 0.416 e. The van der Waals surface area contributed by atoms with E-state index in [0.29, 0.717) is 11.3 Å². The highest BCUT2D eigenvalue weighted by atomic mass is 32.2. The molecule has 0 N–H and O–H groups in total. The van der Waals surface area contributed by atoms with E-state index in [1.54, 1.807) is 12.1 Å². The number of benzene rings is 1. The molecule has 2 nitrogen and oxygen atoms in total. The molecule has 0 radical (unpaired) electrons. The van der Waals surface area contributed by atoms with Crippen LogP contribution in [0.3, 0.4) is 0 Å². The number of rotatable bonds is 6. The summed E-state index contributed by atoms with van der Waals surface area (Å²) in [6, 6.07) is 5.80. The maximum absolute atomic E-state index is 12.7. The number of hydrogen-bond donors (Lipinski definition) is 0. The van der Waals surface area contributed by atoms with Gasteiger partial charge in [-0.15, -0.1) is 0 Å². The van der Waals surface area contributed by atoms with Gasteiger partial charge in [0.25, 0.3) is 0 Å². The van der Waals surface area contributed by atoms with E-state index in [0.717, 1.165) is 51.1 Å². The van der Waals surface area contributed by atoms with Gasteiger partial charge in [0, 0.05) is 13.1 Å². The second-order valence-electron chi connectivity index (χ2n) is 9.01. The molecule has 1 saturated heterocycles. The first-order valence-corrected chi connectivity index (χ1v) is 11.3. The van der Waals surface area contributed by atoms with Crippen molar-refractivity contribution in [3.63, 3.8) is 0 Å². The van der Waals surface area contributed by atoms with E-state index in [1.807, 2.05) is 0 Å². The van der Waals surface area contributed by atoms with Crippen LogP contribution >= 0.6 is 0 Å². The molecule has 1 aliphatic heterocycles. The predicted octanol–water partition coefficient (Wildman–Crippen LogP) is 5.25. The minimum absolute atomic E-state index is 0.0310. The SMILES string of the molecule is C[S+](OCCCN1CCC2(CC2c2ccc(C(F)(F)F)cc2)C1)C(C)(C)C. The van der Waals surface area contributed by atoms with Crippen molar-refractivity contribution in [2.75, 3.05) is 32.5 Å². The summed E-state index contributed by atoms with van der Waals surface area (Å²) in [6.45, 7) is 10.6. The molecule has 1 saturated carbocycles. The Morgan fingerprint density at radius 3 is 2.44 bits per heavy atom. The van der Waals surface area contributed by atoms with E-state index in [1.165, 1.54) is 12.1 Å². The first kappa shape index (κ1) is 21.0. The molecule has 3 unspecified atom stereocenters. The molecule has 1 aliphatic carbocycles. The van der Waals surface area contributed by atoms with Crippen LogP contribution < -0.4 is 0 Å². The zero-order valence-electron chi connectivity index (χ0n) is 16.7. The van der Waals surface area contributed by atoms with Crippen LogP contribution in [-0.4, -0.2) is 42.1 Å².